The van der Waals surface area contributed by atoms with Crippen LogP contribution in [-0.4, -0.2) is 6.61 Å². The summed E-state index contributed by atoms with van der Waals surface area (Å²) >= 11 is 0. The molecule has 3 heteroatoms. The summed E-state index contributed by atoms with van der Waals surface area (Å²) in [5.41, 5.74) is 0.468. The Bertz CT molecular complexity index is 666. The molecule has 4 rings (SSSR count). The zero-order valence-electron chi connectivity index (χ0n) is 18.7. The van der Waals surface area contributed by atoms with Crippen LogP contribution in [-0.2, 0) is 0 Å². The van der Waals surface area contributed by atoms with Gasteiger partial charge in [-0.25, -0.2) is 4.39 Å². The smallest absolute Gasteiger partial charge is 0.200 e. The number of rotatable bonds is 7. The summed E-state index contributed by atoms with van der Waals surface area (Å²) < 4.78 is 34.0. The molecule has 0 spiro atoms. The molecule has 166 valence electrons. The first-order valence-corrected chi connectivity index (χ1v) is 12.5. The Morgan fingerprint density at radius 3 is 2.07 bits per heavy atom. The molecule has 0 unspecified atom stereocenters. The summed E-state index contributed by atoms with van der Waals surface area (Å²) in [5.74, 6) is 3.96. The fraction of sp³-hybridized carbons (Fsp3) is 0.704. The molecule has 0 N–H and O–H groups in total. The van der Waals surface area contributed by atoms with Crippen molar-refractivity contribution in [3.63, 3.8) is 0 Å². The van der Waals surface area contributed by atoms with E-state index in [1.807, 2.05) is 0 Å². The molecule has 2 radical (unpaired) electrons. The zero-order valence-corrected chi connectivity index (χ0v) is 18.7. The van der Waals surface area contributed by atoms with Gasteiger partial charge in [-0.1, -0.05) is 44.6 Å². The van der Waals surface area contributed by atoms with Crippen LogP contribution in [0.1, 0.15) is 102 Å². The van der Waals surface area contributed by atoms with Crippen LogP contribution in [0.15, 0.2) is 12.1 Å². The maximum atomic E-state index is 14.6. The van der Waals surface area contributed by atoms with Crippen LogP contribution < -0.4 is 4.74 Å². The van der Waals surface area contributed by atoms with Gasteiger partial charge in [0, 0.05) is 5.92 Å². The van der Waals surface area contributed by atoms with E-state index in [1.54, 1.807) is 25.0 Å². The molecule has 0 atom stereocenters. The van der Waals surface area contributed by atoms with E-state index in [9.17, 15) is 8.78 Å². The van der Waals surface area contributed by atoms with Gasteiger partial charge in [0.25, 0.3) is 0 Å². The van der Waals surface area contributed by atoms with E-state index in [1.165, 1.54) is 64.2 Å². The number of hydrogen-bond acceptors (Lipinski definition) is 1. The van der Waals surface area contributed by atoms with E-state index in [-0.39, 0.29) is 5.75 Å². The third kappa shape index (κ3) is 5.19. The van der Waals surface area contributed by atoms with Crippen LogP contribution >= 0.6 is 0 Å². The fourth-order valence-electron chi connectivity index (χ4n) is 6.23. The minimum Gasteiger partial charge on any atom is -0.491 e. The quantitative estimate of drug-likeness (QED) is 0.435. The van der Waals surface area contributed by atoms with E-state index in [0.29, 0.717) is 18.1 Å². The molecule has 3 aliphatic rings. The first kappa shape index (κ1) is 22.1. The Labute approximate surface area is 182 Å². The normalized spacial score (nSPS) is 23.3. The van der Waals surface area contributed by atoms with Gasteiger partial charge >= 0.3 is 0 Å². The molecule has 1 nitrogen and oxygen atoms in total. The molecule has 0 aromatic heterocycles. The molecule has 3 fully saturated rings. The number of hydrogen-bond donors (Lipinski definition) is 0. The molecule has 0 aliphatic heterocycles. The third-order valence-electron chi connectivity index (χ3n) is 8.10. The third-order valence-corrected chi connectivity index (χ3v) is 8.10. The van der Waals surface area contributed by atoms with Crippen molar-refractivity contribution in [2.75, 3.05) is 6.61 Å². The van der Waals surface area contributed by atoms with Gasteiger partial charge in [-0.15, -0.1) is 0 Å². The summed E-state index contributed by atoms with van der Waals surface area (Å²) in [6, 6.07) is 3.29. The molecular formula is C27H38F2O. The monoisotopic (exact) mass is 416 g/mol. The first-order valence-electron chi connectivity index (χ1n) is 12.5. The van der Waals surface area contributed by atoms with Gasteiger partial charge in [-0.3, -0.25) is 0 Å². The van der Waals surface area contributed by atoms with Crippen molar-refractivity contribution in [3.8, 4) is 5.75 Å². The summed E-state index contributed by atoms with van der Waals surface area (Å²) in [6.45, 7) is 2.12. The van der Waals surface area contributed by atoms with Gasteiger partial charge in [-0.2, -0.15) is 4.39 Å². The number of ether oxygens (including phenoxy) is 1. The summed E-state index contributed by atoms with van der Waals surface area (Å²) in [7, 11) is 0. The highest BCUT2D eigenvalue weighted by Crippen LogP contribution is 2.46. The highest BCUT2D eigenvalue weighted by Gasteiger charge is 2.33. The van der Waals surface area contributed by atoms with Crippen molar-refractivity contribution >= 4 is 0 Å². The van der Waals surface area contributed by atoms with Crippen LogP contribution in [0.5, 0.6) is 5.75 Å². The predicted molar refractivity (Wildman–Crippen MR) is 118 cm³/mol. The van der Waals surface area contributed by atoms with Crippen LogP contribution in [0.25, 0.3) is 0 Å². The largest absolute Gasteiger partial charge is 0.491 e. The average molecular weight is 417 g/mol. The first-order chi connectivity index (χ1) is 14.7. The second kappa shape index (κ2) is 10.5. The molecule has 1 aromatic carbocycles. The minimum atomic E-state index is -0.839. The van der Waals surface area contributed by atoms with Crippen LogP contribution in [0.4, 0.5) is 8.78 Å². The molecule has 0 saturated heterocycles. The van der Waals surface area contributed by atoms with E-state index < -0.39 is 11.6 Å². The summed E-state index contributed by atoms with van der Waals surface area (Å²) in [4.78, 5) is 0. The molecule has 0 bridgehead atoms. The lowest BCUT2D eigenvalue weighted by Gasteiger charge is -2.37. The average Bonchev–Trinajstić information content (AvgIpc) is 3.30. The van der Waals surface area contributed by atoms with Crippen molar-refractivity contribution in [3.05, 3.63) is 41.2 Å². The highest BCUT2D eigenvalue weighted by molar-refractivity contribution is 5.39. The second-order valence-corrected chi connectivity index (χ2v) is 9.88. The Morgan fingerprint density at radius 1 is 0.800 bits per heavy atom. The van der Waals surface area contributed by atoms with Crippen molar-refractivity contribution in [1.29, 1.82) is 0 Å². The second-order valence-electron chi connectivity index (χ2n) is 9.88. The van der Waals surface area contributed by atoms with E-state index in [2.05, 4.69) is 0 Å². The Kier molecular flexibility index (Phi) is 7.70. The van der Waals surface area contributed by atoms with Crippen molar-refractivity contribution < 1.29 is 13.5 Å². The van der Waals surface area contributed by atoms with E-state index in [4.69, 9.17) is 4.74 Å². The van der Waals surface area contributed by atoms with Crippen LogP contribution in [0.3, 0.4) is 0 Å². The van der Waals surface area contributed by atoms with E-state index >= 15 is 0 Å². The minimum absolute atomic E-state index is 0.0216. The maximum Gasteiger partial charge on any atom is 0.200 e. The van der Waals surface area contributed by atoms with Gasteiger partial charge in [0.2, 0.25) is 5.82 Å². The lowest BCUT2D eigenvalue weighted by Crippen LogP contribution is -2.24. The lowest BCUT2D eigenvalue weighted by atomic mass is 9.67. The number of benzene rings is 1. The van der Waals surface area contributed by atoms with Gasteiger partial charge in [0.05, 0.1) is 6.61 Å². The molecule has 1 aromatic rings. The van der Waals surface area contributed by atoms with Gasteiger partial charge < -0.3 is 4.74 Å². The molecule has 0 heterocycles. The molecule has 3 aliphatic carbocycles. The standard InChI is InChI=1S/C27H38F2O/c1-2-30-25-18-17-24(26(28)27(25)29)23-15-13-22(14-16-23)21-11-9-20(10-12-21)8-7-19-5-3-4-6-19/h17-20,22H,2-16H2,1H3. The van der Waals surface area contributed by atoms with Crippen LogP contribution in [0, 0.1) is 41.2 Å². The summed E-state index contributed by atoms with van der Waals surface area (Å²) in [6.07, 6.45) is 18.2. The molecule has 0 amide bonds. The topological polar surface area (TPSA) is 9.23 Å². The van der Waals surface area contributed by atoms with Crippen molar-refractivity contribution in [2.45, 2.75) is 96.8 Å². The lowest BCUT2D eigenvalue weighted by molar-refractivity contribution is 0.273. The van der Waals surface area contributed by atoms with E-state index in [0.717, 1.165) is 43.4 Å². The van der Waals surface area contributed by atoms with Gasteiger partial charge in [0.1, 0.15) is 0 Å². The summed E-state index contributed by atoms with van der Waals surface area (Å²) in [5, 5.41) is 0. The van der Waals surface area contributed by atoms with Crippen molar-refractivity contribution in [2.24, 2.45) is 17.8 Å². The Balaban J connectivity index is 1.23. The van der Waals surface area contributed by atoms with Crippen molar-refractivity contribution in [1.82, 2.24) is 0 Å². The van der Waals surface area contributed by atoms with Crippen LogP contribution in [0.2, 0.25) is 0 Å². The van der Waals surface area contributed by atoms with Gasteiger partial charge in [-0.05, 0) is 93.6 Å². The number of halogens is 2. The fourth-order valence-corrected chi connectivity index (χ4v) is 6.23. The predicted octanol–water partition coefficient (Wildman–Crippen LogP) is 8.21. The molecular weight excluding hydrogens is 378 g/mol. The SMILES string of the molecule is CCOc1ccc([C]2CCC([C]3CCC(CCC4CCCC4)CC3)CC2)c(F)c1F. The maximum absolute atomic E-state index is 14.6. The Morgan fingerprint density at radius 2 is 1.43 bits per heavy atom. The Hall–Kier alpha value is -1.12. The zero-order chi connectivity index (χ0) is 20.9. The molecule has 3 saturated carbocycles. The molecule has 30 heavy (non-hydrogen) atoms. The van der Waals surface area contributed by atoms with Gasteiger partial charge in [0.15, 0.2) is 11.6 Å². The highest BCUT2D eigenvalue weighted by atomic mass is 19.2.